The standard InChI is InChI=1S/C28H48N6O5S/c1-7-8-13-33-26(36)24(25(35)19(2)3)29-27(37)28(33)11-16-31(17-12-28)18-23-20(4)30-34(21(23)5)22-9-14-32(15-10-22)40(6,38)39/h19,22,24-25,35H,7-18H2,1-6H3,(H,29,37)/t24-,25-/m1/s1. The predicted octanol–water partition coefficient (Wildman–Crippen LogP) is 1.58. The van der Waals surface area contributed by atoms with Gasteiger partial charge in [-0.3, -0.25) is 19.2 Å². The number of hydrogen-bond donors (Lipinski definition) is 2. The van der Waals surface area contributed by atoms with E-state index in [1.807, 2.05) is 20.8 Å². The summed E-state index contributed by atoms with van der Waals surface area (Å²) in [7, 11) is -3.17. The summed E-state index contributed by atoms with van der Waals surface area (Å²) in [6.45, 7) is 13.5. The molecule has 4 heterocycles. The number of sulfonamides is 1. The Bertz CT molecular complexity index is 1180. The number of likely N-dealkylation sites (tertiary alicyclic amines) is 1. The Kier molecular flexibility index (Phi) is 9.33. The molecule has 3 saturated heterocycles. The Morgan fingerprint density at radius 3 is 2.27 bits per heavy atom. The van der Waals surface area contributed by atoms with Crippen LogP contribution in [0.2, 0.25) is 0 Å². The van der Waals surface area contributed by atoms with Gasteiger partial charge in [-0.15, -0.1) is 0 Å². The zero-order chi connectivity index (χ0) is 29.4. The number of amides is 2. The summed E-state index contributed by atoms with van der Waals surface area (Å²) in [6.07, 6.45) is 4.66. The first-order chi connectivity index (χ1) is 18.8. The van der Waals surface area contributed by atoms with Crippen molar-refractivity contribution in [1.82, 2.24) is 29.2 Å². The van der Waals surface area contributed by atoms with Gasteiger partial charge in [0.05, 0.1) is 24.1 Å². The summed E-state index contributed by atoms with van der Waals surface area (Å²) in [6, 6.07) is -0.721. The van der Waals surface area contributed by atoms with Crippen molar-refractivity contribution in [3.05, 3.63) is 17.0 Å². The van der Waals surface area contributed by atoms with Crippen LogP contribution in [0.4, 0.5) is 0 Å². The fourth-order valence-corrected chi connectivity index (χ4v) is 7.47. The van der Waals surface area contributed by atoms with Gasteiger partial charge < -0.3 is 15.3 Å². The molecule has 1 aromatic rings. The van der Waals surface area contributed by atoms with Gasteiger partial charge in [0, 0.05) is 50.5 Å². The quantitative estimate of drug-likeness (QED) is 0.454. The van der Waals surface area contributed by atoms with Crippen LogP contribution >= 0.6 is 0 Å². The van der Waals surface area contributed by atoms with Crippen molar-refractivity contribution in [1.29, 1.82) is 0 Å². The first-order valence-corrected chi connectivity index (χ1v) is 16.7. The van der Waals surface area contributed by atoms with Crippen LogP contribution in [-0.2, 0) is 26.2 Å². The second-order valence-electron chi connectivity index (χ2n) is 12.3. The second kappa shape index (κ2) is 12.1. The van der Waals surface area contributed by atoms with E-state index < -0.39 is 27.7 Å². The van der Waals surface area contributed by atoms with Crippen molar-refractivity contribution >= 4 is 21.8 Å². The number of hydrogen-bond acceptors (Lipinski definition) is 7. The highest BCUT2D eigenvalue weighted by molar-refractivity contribution is 7.88. The Morgan fingerprint density at radius 1 is 1.10 bits per heavy atom. The molecule has 0 radical (unpaired) electrons. The van der Waals surface area contributed by atoms with Crippen molar-refractivity contribution in [3.8, 4) is 0 Å². The lowest BCUT2D eigenvalue weighted by atomic mass is 9.80. The van der Waals surface area contributed by atoms with Crippen molar-refractivity contribution in [2.45, 2.75) is 103 Å². The molecule has 2 amide bonds. The van der Waals surface area contributed by atoms with Gasteiger partial charge in [-0.2, -0.15) is 5.10 Å². The summed E-state index contributed by atoms with van der Waals surface area (Å²) in [5.41, 5.74) is 2.38. The van der Waals surface area contributed by atoms with Gasteiger partial charge in [0.15, 0.2) is 0 Å². The third-order valence-electron chi connectivity index (χ3n) is 9.30. The summed E-state index contributed by atoms with van der Waals surface area (Å²) >= 11 is 0. The molecule has 0 aromatic carbocycles. The van der Waals surface area contributed by atoms with Gasteiger partial charge in [-0.1, -0.05) is 27.2 Å². The molecule has 3 aliphatic rings. The highest BCUT2D eigenvalue weighted by atomic mass is 32.2. The smallest absolute Gasteiger partial charge is 0.248 e. The molecule has 0 bridgehead atoms. The van der Waals surface area contributed by atoms with Crippen molar-refractivity contribution in [2.75, 3.05) is 39.0 Å². The minimum atomic E-state index is -3.17. The van der Waals surface area contributed by atoms with E-state index in [-0.39, 0.29) is 23.8 Å². The molecule has 3 aliphatic heterocycles. The van der Waals surface area contributed by atoms with E-state index in [2.05, 4.69) is 28.7 Å². The van der Waals surface area contributed by atoms with Crippen LogP contribution in [0.1, 0.15) is 82.3 Å². The normalized spacial score (nSPS) is 24.2. The van der Waals surface area contributed by atoms with Crippen LogP contribution in [-0.4, -0.2) is 106 Å². The number of nitrogens with one attached hydrogen (secondary N) is 1. The molecule has 0 saturated carbocycles. The molecule has 1 spiro atoms. The SMILES string of the molecule is CCCCN1C(=O)[C@@H]([C@H](O)C(C)C)NC(=O)C12CCN(Cc1c(C)nn(C3CCN(S(C)(=O)=O)CC3)c1C)CC2. The summed E-state index contributed by atoms with van der Waals surface area (Å²) in [5.74, 6) is -0.455. The minimum absolute atomic E-state index is 0.141. The van der Waals surface area contributed by atoms with E-state index >= 15 is 0 Å². The van der Waals surface area contributed by atoms with Crippen LogP contribution in [0.3, 0.4) is 0 Å². The maximum Gasteiger partial charge on any atom is 0.248 e. The number of piperidine rings is 2. The molecule has 0 unspecified atom stereocenters. The largest absolute Gasteiger partial charge is 0.390 e. The summed E-state index contributed by atoms with van der Waals surface area (Å²) < 4.78 is 27.4. The third kappa shape index (κ3) is 5.96. The van der Waals surface area contributed by atoms with Gasteiger partial charge in [-0.05, 0) is 51.9 Å². The molecule has 3 fully saturated rings. The second-order valence-corrected chi connectivity index (χ2v) is 14.3. The van der Waals surface area contributed by atoms with E-state index in [9.17, 15) is 23.1 Å². The van der Waals surface area contributed by atoms with Crippen LogP contribution in [0.15, 0.2) is 0 Å². The lowest BCUT2D eigenvalue weighted by Crippen LogP contribution is -2.74. The number of unbranched alkanes of at least 4 members (excludes halogenated alkanes) is 1. The molecule has 226 valence electrons. The number of aliphatic hydroxyl groups excluding tert-OH is 1. The summed E-state index contributed by atoms with van der Waals surface area (Å²) in [4.78, 5) is 31.3. The van der Waals surface area contributed by atoms with E-state index in [0.29, 0.717) is 45.6 Å². The molecule has 2 N–H and O–H groups in total. The highest BCUT2D eigenvalue weighted by Gasteiger charge is 2.54. The fourth-order valence-electron chi connectivity index (χ4n) is 6.60. The van der Waals surface area contributed by atoms with Crippen molar-refractivity contribution in [3.63, 3.8) is 0 Å². The van der Waals surface area contributed by atoms with Gasteiger partial charge >= 0.3 is 0 Å². The Hall–Kier alpha value is -2.02. The molecular formula is C28H48N6O5S. The average Bonchev–Trinajstić information content (AvgIpc) is 3.19. The molecule has 40 heavy (non-hydrogen) atoms. The Morgan fingerprint density at radius 2 is 1.73 bits per heavy atom. The third-order valence-corrected chi connectivity index (χ3v) is 10.6. The van der Waals surface area contributed by atoms with E-state index in [1.165, 1.54) is 11.8 Å². The van der Waals surface area contributed by atoms with Gasteiger partial charge in [0.1, 0.15) is 11.6 Å². The molecule has 11 nitrogen and oxygen atoms in total. The molecule has 2 atom stereocenters. The number of aryl methyl sites for hydroxylation is 1. The minimum Gasteiger partial charge on any atom is -0.390 e. The molecule has 4 rings (SSSR count). The lowest BCUT2D eigenvalue weighted by molar-refractivity contribution is -0.165. The average molecular weight is 581 g/mol. The fraction of sp³-hybridized carbons (Fsp3) is 0.821. The summed E-state index contributed by atoms with van der Waals surface area (Å²) in [5, 5.41) is 18.4. The molecule has 12 heteroatoms. The number of piperazine rings is 1. The number of nitrogens with zero attached hydrogens (tertiary/aromatic N) is 5. The number of rotatable bonds is 9. The Labute approximate surface area is 239 Å². The van der Waals surface area contributed by atoms with Crippen LogP contribution in [0.25, 0.3) is 0 Å². The predicted molar refractivity (Wildman–Crippen MR) is 153 cm³/mol. The maximum absolute atomic E-state index is 13.6. The van der Waals surface area contributed by atoms with Gasteiger partial charge in [0.25, 0.3) is 0 Å². The Balaban J connectivity index is 1.45. The maximum atomic E-state index is 13.6. The van der Waals surface area contributed by atoms with Crippen molar-refractivity contribution < 1.29 is 23.1 Å². The first-order valence-electron chi connectivity index (χ1n) is 14.8. The molecule has 1 aromatic heterocycles. The zero-order valence-corrected chi connectivity index (χ0v) is 25.8. The lowest BCUT2D eigenvalue weighted by Gasteiger charge is -2.52. The number of aliphatic hydroxyl groups is 1. The first kappa shape index (κ1) is 30.9. The number of aromatic nitrogens is 2. The topological polar surface area (TPSA) is 128 Å². The number of carbonyl (C=O) groups is 2. The van der Waals surface area contributed by atoms with Crippen molar-refractivity contribution in [2.24, 2.45) is 5.92 Å². The highest BCUT2D eigenvalue weighted by Crippen LogP contribution is 2.35. The van der Waals surface area contributed by atoms with Gasteiger partial charge in [0.2, 0.25) is 21.8 Å². The van der Waals surface area contributed by atoms with Gasteiger partial charge in [-0.25, -0.2) is 12.7 Å². The number of carbonyl (C=O) groups excluding carboxylic acids is 2. The van der Waals surface area contributed by atoms with Crippen LogP contribution in [0.5, 0.6) is 0 Å². The molecule has 0 aliphatic carbocycles. The van der Waals surface area contributed by atoms with E-state index in [4.69, 9.17) is 5.10 Å². The molecular weight excluding hydrogens is 532 g/mol. The van der Waals surface area contributed by atoms with E-state index in [0.717, 1.165) is 43.6 Å². The monoisotopic (exact) mass is 580 g/mol. The van der Waals surface area contributed by atoms with Crippen LogP contribution < -0.4 is 5.32 Å². The zero-order valence-electron chi connectivity index (χ0n) is 25.0. The van der Waals surface area contributed by atoms with Crippen LogP contribution in [0, 0.1) is 19.8 Å². The van der Waals surface area contributed by atoms with E-state index in [1.54, 1.807) is 9.21 Å².